The first kappa shape index (κ1) is 15.1. The fourth-order valence-corrected chi connectivity index (χ4v) is 3.12. The molecule has 3 heteroatoms. The van der Waals surface area contributed by atoms with E-state index in [1.54, 1.807) is 0 Å². The summed E-state index contributed by atoms with van der Waals surface area (Å²) in [7, 11) is 0. The second-order valence-electron chi connectivity index (χ2n) is 4.53. The van der Waals surface area contributed by atoms with E-state index in [4.69, 9.17) is 0 Å². The third kappa shape index (κ3) is 5.02. The lowest BCUT2D eigenvalue weighted by atomic mass is 10.1. The van der Waals surface area contributed by atoms with Crippen LogP contribution >= 0.6 is 27.7 Å². The van der Waals surface area contributed by atoms with E-state index >= 15 is 0 Å². The zero-order valence-electron chi connectivity index (χ0n) is 11.1. The predicted molar refractivity (Wildman–Crippen MR) is 81.8 cm³/mol. The fourth-order valence-electron chi connectivity index (χ4n) is 1.61. The van der Waals surface area contributed by atoms with Gasteiger partial charge in [-0.1, -0.05) is 26.8 Å². The van der Waals surface area contributed by atoms with Gasteiger partial charge >= 0.3 is 0 Å². The summed E-state index contributed by atoms with van der Waals surface area (Å²) in [5.41, 5.74) is 1.35. The maximum Gasteiger partial charge on any atom is 0.0314 e. The highest BCUT2D eigenvalue weighted by molar-refractivity contribution is 9.10. The van der Waals surface area contributed by atoms with E-state index in [1.165, 1.54) is 21.4 Å². The lowest BCUT2D eigenvalue weighted by Gasteiger charge is -2.15. The van der Waals surface area contributed by atoms with Crippen molar-refractivity contribution in [3.05, 3.63) is 28.2 Å². The van der Waals surface area contributed by atoms with E-state index in [-0.39, 0.29) is 0 Å². The highest BCUT2D eigenvalue weighted by Gasteiger charge is 2.08. The minimum atomic E-state index is 0.421. The van der Waals surface area contributed by atoms with Gasteiger partial charge in [0.15, 0.2) is 0 Å². The van der Waals surface area contributed by atoms with E-state index in [9.17, 15) is 0 Å². The van der Waals surface area contributed by atoms with Crippen molar-refractivity contribution in [1.29, 1.82) is 0 Å². The smallest absolute Gasteiger partial charge is 0.0314 e. The summed E-state index contributed by atoms with van der Waals surface area (Å²) in [5.74, 6) is 0. The fraction of sp³-hybridized carbons (Fsp3) is 0.571. The summed E-state index contributed by atoms with van der Waals surface area (Å²) in [6.07, 6.45) is 1.17. The largest absolute Gasteiger partial charge is 0.310 e. The maximum atomic E-state index is 3.66. The third-order valence-corrected chi connectivity index (χ3v) is 4.52. The molecule has 1 nitrogen and oxygen atoms in total. The first-order chi connectivity index (χ1) is 8.04. The number of thioether (sulfide) groups is 1. The molecule has 0 fully saturated rings. The molecule has 0 amide bonds. The summed E-state index contributed by atoms with van der Waals surface area (Å²) in [5, 5.41) is 4.13. The highest BCUT2D eigenvalue weighted by Crippen LogP contribution is 2.32. The standard InChI is InChI=1S/C14H22BrNS/c1-5-8-16-11(4)12-6-7-14(13(15)9-12)17-10(2)3/h6-7,9-11,16H,5,8H2,1-4H3. The first-order valence-corrected chi connectivity index (χ1v) is 7.91. The molecular formula is C14H22BrNS. The van der Waals surface area contributed by atoms with Crippen molar-refractivity contribution in [2.45, 2.75) is 50.3 Å². The van der Waals surface area contributed by atoms with Crippen LogP contribution in [0.3, 0.4) is 0 Å². The SMILES string of the molecule is CCCNC(C)c1ccc(SC(C)C)c(Br)c1. The minimum Gasteiger partial charge on any atom is -0.310 e. The van der Waals surface area contributed by atoms with Gasteiger partial charge in [0, 0.05) is 20.7 Å². The van der Waals surface area contributed by atoms with Gasteiger partial charge in [0.25, 0.3) is 0 Å². The van der Waals surface area contributed by atoms with Crippen LogP contribution in [-0.4, -0.2) is 11.8 Å². The van der Waals surface area contributed by atoms with Gasteiger partial charge in [-0.2, -0.15) is 0 Å². The van der Waals surface area contributed by atoms with Crippen LogP contribution in [0.15, 0.2) is 27.6 Å². The highest BCUT2D eigenvalue weighted by atomic mass is 79.9. The van der Waals surface area contributed by atoms with Crippen LogP contribution in [0, 0.1) is 0 Å². The monoisotopic (exact) mass is 315 g/mol. The predicted octanol–water partition coefficient (Wildman–Crippen LogP) is 5.01. The van der Waals surface area contributed by atoms with Gasteiger partial charge in [0.2, 0.25) is 0 Å². The molecule has 1 aromatic rings. The second kappa shape index (κ2) is 7.45. The Morgan fingerprint density at radius 3 is 2.53 bits per heavy atom. The second-order valence-corrected chi connectivity index (χ2v) is 7.00. The van der Waals surface area contributed by atoms with E-state index in [0.29, 0.717) is 11.3 Å². The van der Waals surface area contributed by atoms with Gasteiger partial charge in [-0.15, -0.1) is 11.8 Å². The van der Waals surface area contributed by atoms with Gasteiger partial charge in [-0.3, -0.25) is 0 Å². The zero-order valence-corrected chi connectivity index (χ0v) is 13.5. The molecule has 1 N–H and O–H groups in total. The molecule has 1 rings (SSSR count). The Morgan fingerprint density at radius 2 is 2.00 bits per heavy atom. The zero-order chi connectivity index (χ0) is 12.8. The van der Waals surface area contributed by atoms with Crippen LogP contribution < -0.4 is 5.32 Å². The van der Waals surface area contributed by atoms with Gasteiger partial charge in [-0.25, -0.2) is 0 Å². The van der Waals surface area contributed by atoms with E-state index in [2.05, 4.69) is 67.1 Å². The Bertz CT molecular complexity index is 352. The van der Waals surface area contributed by atoms with Gasteiger partial charge in [0.1, 0.15) is 0 Å². The van der Waals surface area contributed by atoms with Crippen molar-refractivity contribution in [2.75, 3.05) is 6.54 Å². The molecular weight excluding hydrogens is 294 g/mol. The minimum absolute atomic E-state index is 0.421. The summed E-state index contributed by atoms with van der Waals surface area (Å²) in [4.78, 5) is 1.33. The summed E-state index contributed by atoms with van der Waals surface area (Å²) >= 11 is 5.56. The number of benzene rings is 1. The Balaban J connectivity index is 2.73. The molecule has 17 heavy (non-hydrogen) atoms. The normalized spacial score (nSPS) is 13.1. The van der Waals surface area contributed by atoms with E-state index in [0.717, 1.165) is 6.54 Å². The molecule has 0 saturated carbocycles. The Kier molecular flexibility index (Phi) is 6.60. The molecule has 1 aromatic carbocycles. The Morgan fingerprint density at radius 1 is 1.29 bits per heavy atom. The topological polar surface area (TPSA) is 12.0 Å². The van der Waals surface area contributed by atoms with Gasteiger partial charge < -0.3 is 5.32 Å². The number of halogens is 1. The van der Waals surface area contributed by atoms with Crippen LogP contribution in [0.25, 0.3) is 0 Å². The quantitative estimate of drug-likeness (QED) is 0.740. The summed E-state index contributed by atoms with van der Waals surface area (Å²) in [6.45, 7) is 9.92. The average Bonchev–Trinajstić information content (AvgIpc) is 2.28. The summed E-state index contributed by atoms with van der Waals surface area (Å²) in [6, 6.07) is 7.10. The summed E-state index contributed by atoms with van der Waals surface area (Å²) < 4.78 is 1.21. The first-order valence-electron chi connectivity index (χ1n) is 6.24. The number of rotatable bonds is 6. The van der Waals surface area contributed by atoms with Crippen molar-refractivity contribution in [3.8, 4) is 0 Å². The van der Waals surface area contributed by atoms with Crippen molar-refractivity contribution in [1.82, 2.24) is 5.32 Å². The average molecular weight is 316 g/mol. The molecule has 96 valence electrons. The lowest BCUT2D eigenvalue weighted by Crippen LogP contribution is -2.19. The molecule has 0 spiro atoms. The number of hydrogen-bond donors (Lipinski definition) is 1. The van der Waals surface area contributed by atoms with E-state index in [1.807, 2.05) is 11.8 Å². The van der Waals surface area contributed by atoms with Crippen LogP contribution in [0.5, 0.6) is 0 Å². The lowest BCUT2D eigenvalue weighted by molar-refractivity contribution is 0.570. The van der Waals surface area contributed by atoms with Crippen LogP contribution in [0.1, 0.15) is 45.7 Å². The van der Waals surface area contributed by atoms with Crippen molar-refractivity contribution >= 4 is 27.7 Å². The molecule has 1 atom stereocenters. The van der Waals surface area contributed by atoms with Crippen molar-refractivity contribution in [2.24, 2.45) is 0 Å². The van der Waals surface area contributed by atoms with Crippen LogP contribution in [-0.2, 0) is 0 Å². The molecule has 0 saturated heterocycles. The van der Waals surface area contributed by atoms with E-state index < -0.39 is 0 Å². The van der Waals surface area contributed by atoms with Crippen molar-refractivity contribution < 1.29 is 0 Å². The van der Waals surface area contributed by atoms with Gasteiger partial charge in [-0.05, 0) is 53.5 Å². The molecule has 0 aliphatic rings. The molecule has 0 aliphatic carbocycles. The van der Waals surface area contributed by atoms with Crippen LogP contribution in [0.4, 0.5) is 0 Å². The maximum absolute atomic E-state index is 3.66. The number of hydrogen-bond acceptors (Lipinski definition) is 2. The van der Waals surface area contributed by atoms with Gasteiger partial charge in [0.05, 0.1) is 0 Å². The molecule has 0 aromatic heterocycles. The Labute approximate surface area is 118 Å². The number of nitrogens with one attached hydrogen (secondary N) is 1. The third-order valence-electron chi connectivity index (χ3n) is 2.52. The molecule has 0 heterocycles. The molecule has 0 bridgehead atoms. The van der Waals surface area contributed by atoms with Crippen molar-refractivity contribution in [3.63, 3.8) is 0 Å². The molecule has 1 unspecified atom stereocenters. The van der Waals surface area contributed by atoms with Crippen LogP contribution in [0.2, 0.25) is 0 Å². The molecule has 0 radical (unpaired) electrons. The molecule has 0 aliphatic heterocycles. The Hall–Kier alpha value is 0.01000.